The largest absolute Gasteiger partial charge is 0.460 e. The van der Waals surface area contributed by atoms with Crippen molar-refractivity contribution in [3.05, 3.63) is 23.3 Å². The van der Waals surface area contributed by atoms with Crippen LogP contribution < -0.4 is 0 Å². The second-order valence-corrected chi connectivity index (χ2v) is 10.6. The predicted octanol–water partition coefficient (Wildman–Crippen LogP) is 3.48. The highest BCUT2D eigenvalue weighted by molar-refractivity contribution is 5.92. The molecular formula is C25H34O6. The fraction of sp³-hybridized carbons (Fsp3) is 0.760. The summed E-state index contributed by atoms with van der Waals surface area (Å²) in [5.74, 6) is -0.774. The number of aliphatic hydroxyl groups is 1. The third-order valence-electron chi connectivity index (χ3n) is 9.34. The Hall–Kier alpha value is -1.50. The molecule has 0 aromatic heterocycles. The Labute approximate surface area is 184 Å². The minimum absolute atomic E-state index is 0.0331. The first kappa shape index (κ1) is 21.4. The van der Waals surface area contributed by atoms with Crippen LogP contribution in [0, 0.1) is 22.7 Å². The average molecular weight is 431 g/mol. The van der Waals surface area contributed by atoms with Gasteiger partial charge in [0.25, 0.3) is 0 Å². The molecule has 0 aromatic rings. The van der Waals surface area contributed by atoms with Gasteiger partial charge in [-0.15, -0.1) is 0 Å². The summed E-state index contributed by atoms with van der Waals surface area (Å²) in [4.78, 5) is 23.6. The van der Waals surface area contributed by atoms with E-state index >= 15 is 0 Å². The highest BCUT2D eigenvalue weighted by atomic mass is 16.8. The monoisotopic (exact) mass is 430 g/mol. The van der Waals surface area contributed by atoms with Crippen LogP contribution >= 0.6 is 0 Å². The van der Waals surface area contributed by atoms with Gasteiger partial charge in [0.15, 0.2) is 5.78 Å². The minimum atomic E-state index is -1.31. The number of rotatable bonds is 3. The van der Waals surface area contributed by atoms with E-state index in [4.69, 9.17) is 14.2 Å². The Morgan fingerprint density at radius 3 is 2.65 bits per heavy atom. The van der Waals surface area contributed by atoms with Crippen LogP contribution in [0.25, 0.3) is 0 Å². The molecule has 31 heavy (non-hydrogen) atoms. The molecule has 2 saturated carbocycles. The first-order valence-corrected chi connectivity index (χ1v) is 11.7. The van der Waals surface area contributed by atoms with Crippen molar-refractivity contribution in [3.63, 3.8) is 0 Å². The van der Waals surface area contributed by atoms with Crippen LogP contribution in [0.3, 0.4) is 0 Å². The highest BCUT2D eigenvalue weighted by Gasteiger charge is 2.71. The number of ether oxygens (including phenoxy) is 3. The number of esters is 1. The van der Waals surface area contributed by atoms with Gasteiger partial charge in [0.05, 0.1) is 13.2 Å². The molecule has 1 saturated heterocycles. The molecule has 0 unspecified atom stereocenters. The van der Waals surface area contributed by atoms with E-state index in [-0.39, 0.29) is 17.8 Å². The lowest BCUT2D eigenvalue weighted by atomic mass is 9.50. The van der Waals surface area contributed by atoms with Crippen LogP contribution in [0.2, 0.25) is 0 Å². The molecule has 1 aliphatic heterocycles. The van der Waals surface area contributed by atoms with Crippen molar-refractivity contribution >= 4 is 11.8 Å². The molecular weight excluding hydrogens is 396 g/mol. The summed E-state index contributed by atoms with van der Waals surface area (Å²) in [5, 5.41) is 12.2. The highest BCUT2D eigenvalue weighted by Crippen LogP contribution is 2.67. The molecule has 5 atom stereocenters. The maximum absolute atomic E-state index is 12.2. The van der Waals surface area contributed by atoms with E-state index in [0.717, 1.165) is 32.1 Å². The molecule has 0 spiro atoms. The normalized spacial score (nSPS) is 43.4. The van der Waals surface area contributed by atoms with E-state index in [1.54, 1.807) is 0 Å². The number of hydrogen-bond donors (Lipinski definition) is 1. The van der Waals surface area contributed by atoms with E-state index < -0.39 is 22.8 Å². The summed E-state index contributed by atoms with van der Waals surface area (Å²) in [7, 11) is 0. The van der Waals surface area contributed by atoms with Crippen molar-refractivity contribution in [3.8, 4) is 0 Å². The summed E-state index contributed by atoms with van der Waals surface area (Å²) in [6, 6.07) is 0. The van der Waals surface area contributed by atoms with Crippen LogP contribution in [-0.2, 0) is 23.8 Å². The van der Waals surface area contributed by atoms with Gasteiger partial charge in [0.2, 0.25) is 5.79 Å². The maximum atomic E-state index is 12.2. The lowest BCUT2D eigenvalue weighted by molar-refractivity contribution is -0.316. The number of carbonyl (C=O) groups excluding carboxylic acids is 2. The molecule has 0 bridgehead atoms. The van der Waals surface area contributed by atoms with E-state index in [1.807, 2.05) is 6.08 Å². The Morgan fingerprint density at radius 2 is 1.94 bits per heavy atom. The zero-order valence-corrected chi connectivity index (χ0v) is 18.9. The second-order valence-electron chi connectivity index (χ2n) is 10.6. The van der Waals surface area contributed by atoms with Gasteiger partial charge in [-0.25, -0.2) is 0 Å². The van der Waals surface area contributed by atoms with Crippen LogP contribution in [0.5, 0.6) is 0 Å². The Bertz CT molecular complexity index is 867. The predicted molar refractivity (Wildman–Crippen MR) is 113 cm³/mol. The van der Waals surface area contributed by atoms with Gasteiger partial charge >= 0.3 is 5.97 Å². The summed E-state index contributed by atoms with van der Waals surface area (Å²) < 4.78 is 17.4. The Balaban J connectivity index is 1.52. The smallest absolute Gasteiger partial charge is 0.302 e. The third-order valence-corrected chi connectivity index (χ3v) is 9.34. The number of hydrogen-bond acceptors (Lipinski definition) is 6. The van der Waals surface area contributed by atoms with Crippen molar-refractivity contribution in [1.82, 2.24) is 0 Å². The van der Waals surface area contributed by atoms with Crippen LogP contribution in [0.15, 0.2) is 23.3 Å². The number of carbonyl (C=O) groups is 2. The van der Waals surface area contributed by atoms with Crippen molar-refractivity contribution < 1.29 is 28.9 Å². The van der Waals surface area contributed by atoms with E-state index in [9.17, 15) is 14.7 Å². The molecule has 1 heterocycles. The lowest BCUT2D eigenvalue weighted by Gasteiger charge is -2.57. The average Bonchev–Trinajstić information content (AvgIpc) is 3.32. The van der Waals surface area contributed by atoms with E-state index in [1.165, 1.54) is 18.1 Å². The quantitative estimate of drug-likeness (QED) is 0.545. The molecule has 3 fully saturated rings. The van der Waals surface area contributed by atoms with Gasteiger partial charge in [-0.05, 0) is 56.4 Å². The van der Waals surface area contributed by atoms with Gasteiger partial charge in [-0.3, -0.25) is 9.59 Å². The first-order valence-electron chi connectivity index (χ1n) is 11.7. The van der Waals surface area contributed by atoms with E-state index in [2.05, 4.69) is 19.9 Å². The molecule has 0 aromatic carbocycles. The van der Waals surface area contributed by atoms with Gasteiger partial charge in [-0.2, -0.15) is 0 Å². The molecule has 5 aliphatic rings. The Kier molecular flexibility index (Phi) is 4.82. The Morgan fingerprint density at radius 1 is 1.19 bits per heavy atom. The second kappa shape index (κ2) is 7.00. The van der Waals surface area contributed by atoms with Crippen LogP contribution in [0.4, 0.5) is 0 Å². The van der Waals surface area contributed by atoms with Crippen molar-refractivity contribution in [1.29, 1.82) is 0 Å². The van der Waals surface area contributed by atoms with Gasteiger partial charge in [0.1, 0.15) is 12.2 Å². The SMILES string of the molecule is CC(=O)OCC1([C@]2(O)CC[C@H]3[C@@H]4CCC5=CC(=O)CC[C@]5(C)C4=CC[C@@]32C)OCCO1. The molecule has 5 rings (SSSR count). The molecule has 170 valence electrons. The number of ketones is 1. The van der Waals surface area contributed by atoms with E-state index in [0.29, 0.717) is 37.9 Å². The minimum Gasteiger partial charge on any atom is -0.460 e. The third kappa shape index (κ3) is 2.80. The fourth-order valence-electron chi connectivity index (χ4n) is 7.59. The summed E-state index contributed by atoms with van der Waals surface area (Å²) in [6.07, 6.45) is 9.87. The summed E-state index contributed by atoms with van der Waals surface area (Å²) in [6.45, 7) is 6.51. The first-order chi connectivity index (χ1) is 14.7. The van der Waals surface area contributed by atoms with Crippen LogP contribution in [0.1, 0.15) is 65.7 Å². The molecule has 6 nitrogen and oxygen atoms in total. The molecule has 6 heteroatoms. The molecule has 0 amide bonds. The van der Waals surface area contributed by atoms with Gasteiger partial charge < -0.3 is 19.3 Å². The lowest BCUT2D eigenvalue weighted by Crippen LogP contribution is -2.65. The molecule has 1 N–H and O–H groups in total. The molecule has 0 radical (unpaired) electrons. The standard InChI is InChI=1S/C25H34O6/c1-16(26)29-15-25(30-12-13-31-25)24(28)11-8-21-19-5-4-17-14-18(27)6-9-22(17,2)20(19)7-10-23(21,24)3/h7,14,19,21,28H,4-6,8-13,15H2,1-3H3/t19-,21+,22+,23+,24+/m1/s1. The number of allylic oxidation sites excluding steroid dienone is 4. The van der Waals surface area contributed by atoms with Crippen molar-refractivity contribution in [2.75, 3.05) is 19.8 Å². The topological polar surface area (TPSA) is 82.1 Å². The zero-order valence-electron chi connectivity index (χ0n) is 18.9. The summed E-state index contributed by atoms with van der Waals surface area (Å²) in [5.41, 5.74) is 1.05. The van der Waals surface area contributed by atoms with Gasteiger partial charge in [-0.1, -0.05) is 31.1 Å². The van der Waals surface area contributed by atoms with Crippen LogP contribution in [-0.4, -0.2) is 48.1 Å². The number of fused-ring (bicyclic) bond motifs is 5. The maximum Gasteiger partial charge on any atom is 0.302 e. The molecule has 4 aliphatic carbocycles. The fourth-order valence-corrected chi connectivity index (χ4v) is 7.59. The van der Waals surface area contributed by atoms with Crippen molar-refractivity contribution in [2.45, 2.75) is 77.1 Å². The zero-order chi connectivity index (χ0) is 22.1. The van der Waals surface area contributed by atoms with Gasteiger partial charge in [0, 0.05) is 24.2 Å². The summed E-state index contributed by atoms with van der Waals surface area (Å²) >= 11 is 0. The van der Waals surface area contributed by atoms with Crippen molar-refractivity contribution in [2.24, 2.45) is 22.7 Å².